The van der Waals surface area contributed by atoms with Gasteiger partial charge in [0.15, 0.2) is 5.69 Å². The summed E-state index contributed by atoms with van der Waals surface area (Å²) in [5.74, 6) is -0.367. The number of alkyl halides is 3. The summed E-state index contributed by atoms with van der Waals surface area (Å²) in [6.45, 7) is 0.185. The minimum Gasteiger partial charge on any atom is -0.348 e. The molecule has 34 heavy (non-hydrogen) atoms. The van der Waals surface area contributed by atoms with Crippen LogP contribution in [-0.2, 0) is 12.7 Å². The maximum Gasteiger partial charge on any atom is 0.435 e. The van der Waals surface area contributed by atoms with Crippen LogP contribution in [0.1, 0.15) is 23.0 Å². The van der Waals surface area contributed by atoms with Gasteiger partial charge in [0.2, 0.25) is 0 Å². The van der Waals surface area contributed by atoms with E-state index in [9.17, 15) is 18.0 Å². The highest BCUT2D eigenvalue weighted by atomic mass is 35.5. The summed E-state index contributed by atoms with van der Waals surface area (Å²) in [4.78, 5) is 12.5. The molecular formula is C24H17Cl3F3N3O. The molecule has 4 nitrogen and oxygen atoms in total. The minimum atomic E-state index is -4.63. The maximum absolute atomic E-state index is 13.4. The molecule has 1 heterocycles. The molecule has 0 saturated heterocycles. The van der Waals surface area contributed by atoms with Crippen molar-refractivity contribution in [3.8, 4) is 16.9 Å². The van der Waals surface area contributed by atoms with Crippen LogP contribution in [0.4, 0.5) is 13.2 Å². The van der Waals surface area contributed by atoms with Crippen LogP contribution in [0.25, 0.3) is 16.9 Å². The van der Waals surface area contributed by atoms with Gasteiger partial charge in [-0.05, 0) is 48.0 Å². The molecule has 4 aromatic rings. The van der Waals surface area contributed by atoms with Gasteiger partial charge in [0.05, 0.1) is 16.4 Å². The zero-order chi connectivity index (χ0) is 24.5. The molecule has 1 amide bonds. The van der Waals surface area contributed by atoms with Crippen LogP contribution < -0.4 is 5.32 Å². The van der Waals surface area contributed by atoms with E-state index < -0.39 is 11.9 Å². The van der Waals surface area contributed by atoms with Gasteiger partial charge in [-0.15, -0.1) is 0 Å². The van der Waals surface area contributed by atoms with Crippen LogP contribution in [0.2, 0.25) is 15.1 Å². The van der Waals surface area contributed by atoms with E-state index in [2.05, 4.69) is 10.4 Å². The van der Waals surface area contributed by atoms with Crippen LogP contribution in [-0.4, -0.2) is 15.7 Å². The van der Waals surface area contributed by atoms with Gasteiger partial charge in [-0.3, -0.25) is 4.79 Å². The number of nitrogens with one attached hydrogen (secondary N) is 1. The molecule has 0 radical (unpaired) electrons. The van der Waals surface area contributed by atoms with Crippen LogP contribution in [0.5, 0.6) is 0 Å². The molecule has 1 aromatic heterocycles. The summed E-state index contributed by atoms with van der Waals surface area (Å²) in [6, 6.07) is 18.5. The Bertz CT molecular complexity index is 1360. The van der Waals surface area contributed by atoms with Crippen molar-refractivity contribution < 1.29 is 19.4 Å². The minimum absolute atomic E-state index is 0. The van der Waals surface area contributed by atoms with Crippen LogP contribution in [0.15, 0.2) is 72.8 Å². The maximum atomic E-state index is 13.4. The van der Waals surface area contributed by atoms with Crippen molar-refractivity contribution in [1.82, 2.24) is 15.1 Å². The van der Waals surface area contributed by atoms with Crippen molar-refractivity contribution in [2.24, 2.45) is 0 Å². The normalized spacial score (nSPS) is 11.5. The fourth-order valence-corrected chi connectivity index (χ4v) is 3.96. The summed E-state index contributed by atoms with van der Waals surface area (Å²) in [5, 5.41) is 7.64. The summed E-state index contributed by atoms with van der Waals surface area (Å²) in [6.07, 6.45) is -4.63. The van der Waals surface area contributed by atoms with E-state index in [1.807, 2.05) is 0 Å². The predicted molar refractivity (Wildman–Crippen MR) is 129 cm³/mol. The van der Waals surface area contributed by atoms with E-state index in [0.717, 1.165) is 10.7 Å². The lowest BCUT2D eigenvalue weighted by molar-refractivity contribution is -0.141. The number of benzene rings is 3. The number of halogens is 6. The first kappa shape index (κ1) is 24.1. The van der Waals surface area contributed by atoms with E-state index in [0.29, 0.717) is 32.4 Å². The molecule has 0 saturated carbocycles. The van der Waals surface area contributed by atoms with Crippen molar-refractivity contribution in [2.45, 2.75) is 12.7 Å². The quantitative estimate of drug-likeness (QED) is 0.290. The van der Waals surface area contributed by atoms with Crippen LogP contribution in [0.3, 0.4) is 0 Å². The van der Waals surface area contributed by atoms with Crippen molar-refractivity contribution in [3.63, 3.8) is 0 Å². The number of carbonyl (C=O) groups excluding carboxylic acids is 1. The predicted octanol–water partition coefficient (Wildman–Crippen LogP) is 7.69. The molecule has 0 aliphatic rings. The zero-order valence-corrected chi connectivity index (χ0v) is 19.5. The Hall–Kier alpha value is -3.00. The monoisotopic (exact) mass is 525 g/mol. The fourth-order valence-electron chi connectivity index (χ4n) is 3.27. The molecule has 1 N–H and O–H groups in total. The third-order valence-electron chi connectivity index (χ3n) is 4.98. The third kappa shape index (κ3) is 5.22. The van der Waals surface area contributed by atoms with Gasteiger partial charge in [0.1, 0.15) is 0 Å². The Morgan fingerprint density at radius 3 is 2.29 bits per heavy atom. The Labute approximate surface area is 209 Å². The topological polar surface area (TPSA) is 46.9 Å². The zero-order valence-electron chi connectivity index (χ0n) is 17.2. The van der Waals surface area contributed by atoms with E-state index in [-0.39, 0.29) is 24.6 Å². The molecule has 0 fully saturated rings. The summed E-state index contributed by atoms with van der Waals surface area (Å²) in [5.41, 5.74) is 0.883. The number of hydrogen-bond acceptors (Lipinski definition) is 2. The molecule has 0 aliphatic heterocycles. The number of hydrogen-bond donors (Lipinski definition) is 1. The van der Waals surface area contributed by atoms with Gasteiger partial charge in [-0.2, -0.15) is 18.3 Å². The molecule has 4 rings (SSSR count). The number of nitrogens with zero attached hydrogens (tertiary/aromatic N) is 2. The van der Waals surface area contributed by atoms with E-state index >= 15 is 0 Å². The Morgan fingerprint density at radius 1 is 0.941 bits per heavy atom. The summed E-state index contributed by atoms with van der Waals surface area (Å²) < 4.78 is 41.3. The standard InChI is InChI=1S/C24H15Cl3F3N3O.H2/c25-17-10-9-16(19(27)11-17)13-31-23(34)15-7-5-14(6-8-15)21-12-22(24(28,29)30)32-33(21)20-4-2-1-3-18(20)26;/h1-12H,13H2,(H,31,34);1H. The highest BCUT2D eigenvalue weighted by molar-refractivity contribution is 6.35. The van der Waals surface area contributed by atoms with Crippen LogP contribution >= 0.6 is 34.8 Å². The number of carbonyl (C=O) groups is 1. The molecule has 0 spiro atoms. The van der Waals surface area contributed by atoms with Crippen molar-refractivity contribution in [2.75, 3.05) is 0 Å². The first-order valence-electron chi connectivity index (χ1n) is 9.88. The van der Waals surface area contributed by atoms with Crippen LogP contribution in [0, 0.1) is 0 Å². The lowest BCUT2D eigenvalue weighted by Crippen LogP contribution is -2.22. The second kappa shape index (κ2) is 9.70. The Kier molecular flexibility index (Phi) is 6.89. The lowest BCUT2D eigenvalue weighted by Gasteiger charge is -2.10. The van der Waals surface area contributed by atoms with E-state index in [1.54, 1.807) is 54.6 Å². The molecule has 176 valence electrons. The van der Waals surface area contributed by atoms with Gasteiger partial charge >= 0.3 is 6.18 Å². The largest absolute Gasteiger partial charge is 0.435 e. The average molecular weight is 527 g/mol. The first-order chi connectivity index (χ1) is 16.1. The first-order valence-corrected chi connectivity index (χ1v) is 11.0. The lowest BCUT2D eigenvalue weighted by atomic mass is 10.1. The Balaban J connectivity index is 0.00000342. The second-order valence-electron chi connectivity index (χ2n) is 7.27. The molecule has 0 bridgehead atoms. The fraction of sp³-hybridized carbons (Fsp3) is 0.0833. The Morgan fingerprint density at radius 2 is 1.65 bits per heavy atom. The molecular weight excluding hydrogens is 510 g/mol. The molecule has 10 heteroatoms. The molecule has 0 unspecified atom stereocenters. The highest BCUT2D eigenvalue weighted by Gasteiger charge is 2.35. The number of para-hydroxylation sites is 1. The highest BCUT2D eigenvalue weighted by Crippen LogP contribution is 2.34. The van der Waals surface area contributed by atoms with E-state index in [4.69, 9.17) is 34.8 Å². The number of aromatic nitrogens is 2. The van der Waals surface area contributed by atoms with E-state index in [1.165, 1.54) is 12.1 Å². The second-order valence-corrected chi connectivity index (χ2v) is 8.52. The molecule has 0 aliphatic carbocycles. The average Bonchev–Trinajstić information content (AvgIpc) is 3.24. The van der Waals surface area contributed by atoms with Crippen molar-refractivity contribution >= 4 is 40.7 Å². The van der Waals surface area contributed by atoms with Gasteiger partial charge in [0, 0.05) is 29.1 Å². The molecule has 3 aromatic carbocycles. The summed E-state index contributed by atoms with van der Waals surface area (Å²) in [7, 11) is 0. The van der Waals surface area contributed by atoms with Gasteiger partial charge in [0.25, 0.3) is 5.91 Å². The number of rotatable bonds is 5. The summed E-state index contributed by atoms with van der Waals surface area (Å²) >= 11 is 18.2. The van der Waals surface area contributed by atoms with Gasteiger partial charge < -0.3 is 5.32 Å². The van der Waals surface area contributed by atoms with Crippen molar-refractivity contribution in [3.05, 3.63) is 105 Å². The van der Waals surface area contributed by atoms with Crippen molar-refractivity contribution in [1.29, 1.82) is 0 Å². The smallest absolute Gasteiger partial charge is 0.348 e. The molecule has 0 atom stereocenters. The SMILES string of the molecule is O=C(NCc1ccc(Cl)cc1Cl)c1ccc(-c2cc(C(F)(F)F)nn2-c2ccccc2Cl)cc1.[HH]. The third-order valence-corrected chi connectivity index (χ3v) is 5.88. The van der Waals surface area contributed by atoms with Gasteiger partial charge in [-0.1, -0.05) is 65.1 Å². The number of amides is 1. The van der Waals surface area contributed by atoms with Gasteiger partial charge in [-0.25, -0.2) is 4.68 Å².